The number of aromatic nitrogens is 1. The first-order chi connectivity index (χ1) is 9.96. The first-order valence-electron chi connectivity index (χ1n) is 7.94. The maximum Gasteiger partial charge on any atom is 0.273 e. The van der Waals surface area contributed by atoms with E-state index in [1.165, 1.54) is 0 Å². The molecule has 5 nitrogen and oxygen atoms in total. The van der Waals surface area contributed by atoms with Crippen LogP contribution in [0.15, 0.2) is 10.6 Å². The molecule has 0 saturated heterocycles. The lowest BCUT2D eigenvalue weighted by Gasteiger charge is -2.35. The molecule has 0 radical (unpaired) electrons. The summed E-state index contributed by atoms with van der Waals surface area (Å²) < 4.78 is 5.08. The summed E-state index contributed by atoms with van der Waals surface area (Å²) in [7, 11) is 0. The second-order valence-corrected chi connectivity index (χ2v) is 5.91. The fourth-order valence-corrected chi connectivity index (χ4v) is 2.17. The number of carbonyl (C=O) groups is 1. The van der Waals surface area contributed by atoms with Gasteiger partial charge in [-0.2, -0.15) is 0 Å². The van der Waals surface area contributed by atoms with Gasteiger partial charge in [-0.25, -0.2) is 0 Å². The van der Waals surface area contributed by atoms with Crippen LogP contribution in [0.4, 0.5) is 0 Å². The molecule has 2 unspecified atom stereocenters. The summed E-state index contributed by atoms with van der Waals surface area (Å²) in [6, 6.07) is 1.77. The van der Waals surface area contributed by atoms with Crippen LogP contribution in [0.3, 0.4) is 0 Å². The Hall–Kier alpha value is -1.36. The van der Waals surface area contributed by atoms with Gasteiger partial charge in [0.05, 0.1) is 0 Å². The molecule has 5 heteroatoms. The van der Waals surface area contributed by atoms with Crippen LogP contribution in [-0.4, -0.2) is 30.2 Å². The maximum atomic E-state index is 12.2. The first-order valence-corrected chi connectivity index (χ1v) is 7.94. The molecule has 21 heavy (non-hydrogen) atoms. The monoisotopic (exact) mass is 295 g/mol. The van der Waals surface area contributed by atoms with E-state index in [1.807, 2.05) is 6.92 Å². The van der Waals surface area contributed by atoms with Crippen molar-refractivity contribution in [1.29, 1.82) is 0 Å². The highest BCUT2D eigenvalue weighted by atomic mass is 16.5. The lowest BCUT2D eigenvalue weighted by Crippen LogP contribution is -2.49. The molecule has 0 aromatic carbocycles. The van der Waals surface area contributed by atoms with Crippen molar-refractivity contribution in [1.82, 2.24) is 15.8 Å². The van der Waals surface area contributed by atoms with Crippen molar-refractivity contribution in [2.24, 2.45) is 5.41 Å². The molecule has 2 N–H and O–H groups in total. The van der Waals surface area contributed by atoms with E-state index < -0.39 is 0 Å². The van der Waals surface area contributed by atoms with E-state index in [9.17, 15) is 4.79 Å². The lowest BCUT2D eigenvalue weighted by atomic mass is 9.80. The molecule has 0 fully saturated rings. The summed E-state index contributed by atoms with van der Waals surface area (Å²) in [6.45, 7) is 12.4. The highest BCUT2D eigenvalue weighted by Gasteiger charge is 2.30. The van der Waals surface area contributed by atoms with Crippen molar-refractivity contribution in [3.63, 3.8) is 0 Å². The number of hydrogen-bond donors (Lipinski definition) is 2. The molecule has 1 aromatic heterocycles. The van der Waals surface area contributed by atoms with Gasteiger partial charge in [0.25, 0.3) is 5.91 Å². The average Bonchev–Trinajstić information content (AvgIpc) is 2.96. The Morgan fingerprint density at radius 1 is 1.43 bits per heavy atom. The molecule has 1 aromatic rings. The molecule has 0 spiro atoms. The van der Waals surface area contributed by atoms with Crippen molar-refractivity contribution in [3.05, 3.63) is 17.5 Å². The van der Waals surface area contributed by atoms with E-state index >= 15 is 0 Å². The van der Waals surface area contributed by atoms with Crippen molar-refractivity contribution in [2.45, 2.75) is 59.9 Å². The van der Waals surface area contributed by atoms with E-state index in [-0.39, 0.29) is 17.4 Å². The Morgan fingerprint density at radius 3 is 2.67 bits per heavy atom. The van der Waals surface area contributed by atoms with Gasteiger partial charge in [0.15, 0.2) is 5.69 Å². The molecule has 0 saturated carbocycles. The summed E-state index contributed by atoms with van der Waals surface area (Å²) in [4.78, 5) is 12.2. The van der Waals surface area contributed by atoms with Crippen molar-refractivity contribution in [2.75, 3.05) is 13.1 Å². The number of aryl methyl sites for hydroxylation is 1. The number of rotatable bonds is 9. The third kappa shape index (κ3) is 4.84. The van der Waals surface area contributed by atoms with Crippen LogP contribution in [0.5, 0.6) is 0 Å². The van der Waals surface area contributed by atoms with Gasteiger partial charge in [0.2, 0.25) is 0 Å². The smallest absolute Gasteiger partial charge is 0.273 e. The molecule has 120 valence electrons. The topological polar surface area (TPSA) is 67.2 Å². The maximum absolute atomic E-state index is 12.2. The zero-order valence-electron chi connectivity index (χ0n) is 14.0. The summed E-state index contributed by atoms with van der Waals surface area (Å²) in [5.41, 5.74) is 0.376. The molecule has 0 bridgehead atoms. The van der Waals surface area contributed by atoms with Crippen molar-refractivity contribution < 1.29 is 9.32 Å². The van der Waals surface area contributed by atoms with Gasteiger partial charge in [-0.15, -0.1) is 0 Å². The Balaban J connectivity index is 2.63. The van der Waals surface area contributed by atoms with E-state index in [0.717, 1.165) is 38.1 Å². The molecule has 0 aliphatic rings. The quantitative estimate of drug-likeness (QED) is 0.687. The van der Waals surface area contributed by atoms with Crippen LogP contribution in [0.25, 0.3) is 0 Å². The van der Waals surface area contributed by atoms with E-state index in [2.05, 4.69) is 43.5 Å². The molecule has 1 rings (SSSR count). The van der Waals surface area contributed by atoms with Gasteiger partial charge in [-0.1, -0.05) is 32.9 Å². The second kappa shape index (κ2) is 8.17. The fraction of sp³-hybridized carbons (Fsp3) is 0.750. The van der Waals surface area contributed by atoms with Gasteiger partial charge in [-0.3, -0.25) is 4.79 Å². The van der Waals surface area contributed by atoms with Crippen LogP contribution >= 0.6 is 0 Å². The lowest BCUT2D eigenvalue weighted by molar-refractivity contribution is 0.0882. The molecule has 1 amide bonds. The molecule has 1 heterocycles. The minimum Gasteiger partial charge on any atom is -0.361 e. The van der Waals surface area contributed by atoms with E-state index in [1.54, 1.807) is 6.07 Å². The highest BCUT2D eigenvalue weighted by Crippen LogP contribution is 2.25. The standard InChI is InChI=1S/C16H29N3O2/c1-6-9-17-11-16(5,8-3)12(4)18-15(20)14-10-13(7-2)21-19-14/h10,12,17H,6-9,11H2,1-5H3,(H,18,20). The second-order valence-electron chi connectivity index (χ2n) is 5.91. The largest absolute Gasteiger partial charge is 0.361 e. The van der Waals surface area contributed by atoms with E-state index in [4.69, 9.17) is 4.52 Å². The highest BCUT2D eigenvalue weighted by molar-refractivity contribution is 5.92. The Kier molecular flexibility index (Phi) is 6.89. The van der Waals surface area contributed by atoms with Crippen LogP contribution in [0.1, 0.15) is 63.7 Å². The van der Waals surface area contributed by atoms with Crippen molar-refractivity contribution in [3.8, 4) is 0 Å². The summed E-state index contributed by atoms with van der Waals surface area (Å²) in [6.07, 6.45) is 2.84. The average molecular weight is 295 g/mol. The van der Waals surface area contributed by atoms with Gasteiger partial charge < -0.3 is 15.2 Å². The van der Waals surface area contributed by atoms with Crippen LogP contribution in [-0.2, 0) is 6.42 Å². The number of hydrogen-bond acceptors (Lipinski definition) is 4. The van der Waals surface area contributed by atoms with Crippen LogP contribution in [0.2, 0.25) is 0 Å². The van der Waals surface area contributed by atoms with Gasteiger partial charge in [0, 0.05) is 25.1 Å². The SMILES string of the molecule is CCCNCC(C)(CC)C(C)NC(=O)c1cc(CC)on1. The van der Waals surface area contributed by atoms with Crippen molar-refractivity contribution >= 4 is 5.91 Å². The molecule has 0 aliphatic heterocycles. The predicted molar refractivity (Wildman–Crippen MR) is 84.4 cm³/mol. The molecule has 0 aliphatic carbocycles. The first kappa shape index (κ1) is 17.7. The zero-order valence-corrected chi connectivity index (χ0v) is 14.0. The Morgan fingerprint density at radius 2 is 2.14 bits per heavy atom. The minimum atomic E-state index is -0.166. The van der Waals surface area contributed by atoms with Crippen LogP contribution in [0, 0.1) is 5.41 Å². The number of carbonyl (C=O) groups excluding carboxylic acids is 1. The molecule has 2 atom stereocenters. The minimum absolute atomic E-state index is 0.0160. The fourth-order valence-electron chi connectivity index (χ4n) is 2.17. The van der Waals surface area contributed by atoms with Gasteiger partial charge in [0.1, 0.15) is 5.76 Å². The summed E-state index contributed by atoms with van der Waals surface area (Å²) >= 11 is 0. The van der Waals surface area contributed by atoms with Gasteiger partial charge in [-0.05, 0) is 31.7 Å². The number of amides is 1. The molecular weight excluding hydrogens is 266 g/mol. The molecular formula is C16H29N3O2. The summed E-state index contributed by atoms with van der Waals surface area (Å²) in [5, 5.41) is 10.3. The third-order valence-electron chi connectivity index (χ3n) is 4.30. The van der Waals surface area contributed by atoms with E-state index in [0.29, 0.717) is 5.69 Å². The summed E-state index contributed by atoms with van der Waals surface area (Å²) in [5.74, 6) is 0.566. The number of nitrogens with one attached hydrogen (secondary N) is 2. The predicted octanol–water partition coefficient (Wildman–Crippen LogP) is 2.77. The van der Waals surface area contributed by atoms with Crippen LogP contribution < -0.4 is 10.6 Å². The normalized spacial score (nSPS) is 15.5. The van der Waals surface area contributed by atoms with Gasteiger partial charge >= 0.3 is 0 Å². The third-order valence-corrected chi connectivity index (χ3v) is 4.30. The Bertz CT molecular complexity index is 444. The number of nitrogens with zero attached hydrogens (tertiary/aromatic N) is 1. The zero-order chi connectivity index (χ0) is 15.9. The Labute approximate surface area is 127 Å².